The minimum Gasteiger partial charge on any atom is -0.364 e. The maximum atomic E-state index is 11.1. The molecule has 0 saturated heterocycles. The van der Waals surface area contributed by atoms with Crippen LogP contribution in [0.15, 0.2) is 16.7 Å². The largest absolute Gasteiger partial charge is 0.364 e. The van der Waals surface area contributed by atoms with Crippen molar-refractivity contribution in [3.8, 4) is 0 Å². The Morgan fingerprint density at radius 2 is 1.95 bits per heavy atom. The molecule has 0 atom stereocenters. The first-order valence-electron chi connectivity index (χ1n) is 6.68. The lowest BCUT2D eigenvalue weighted by Gasteiger charge is -2.16. The average Bonchev–Trinajstić information content (AvgIpc) is 2.86. The third-order valence-corrected chi connectivity index (χ3v) is 2.67. The number of amides is 1. The highest BCUT2D eigenvalue weighted by atomic mass is 35.5. The average molecular weight is 303 g/mol. The van der Waals surface area contributed by atoms with Crippen LogP contribution in [0.25, 0.3) is 0 Å². The van der Waals surface area contributed by atoms with Crippen molar-refractivity contribution < 1.29 is 4.79 Å². The molecule has 0 fully saturated rings. The van der Waals surface area contributed by atoms with Crippen molar-refractivity contribution in [2.45, 2.75) is 39.5 Å². The molecule has 0 aliphatic heterocycles. The van der Waals surface area contributed by atoms with E-state index < -0.39 is 5.91 Å². The Kier molecular flexibility index (Phi) is 9.36. The molecule has 114 valence electrons. The molecule has 0 spiro atoms. The zero-order valence-electron chi connectivity index (χ0n) is 12.0. The Balaban J connectivity index is 0.00000361. The predicted molar refractivity (Wildman–Crippen MR) is 80.3 cm³/mol. The van der Waals surface area contributed by atoms with Crippen LogP contribution >= 0.6 is 12.4 Å². The molecule has 0 unspecified atom stereocenters. The van der Waals surface area contributed by atoms with Crippen LogP contribution in [0.1, 0.15) is 50.0 Å². The topological polar surface area (TPSA) is 99.7 Å². The van der Waals surface area contributed by atoms with E-state index in [0.29, 0.717) is 0 Å². The van der Waals surface area contributed by atoms with E-state index >= 15 is 0 Å². The van der Waals surface area contributed by atoms with Crippen LogP contribution in [0.4, 0.5) is 5.82 Å². The second-order valence-corrected chi connectivity index (χ2v) is 4.32. The van der Waals surface area contributed by atoms with Crippen LogP contribution in [0.3, 0.4) is 0 Å². The van der Waals surface area contributed by atoms with E-state index in [4.69, 9.17) is 5.73 Å². The number of H-pyrrole nitrogens is 1. The van der Waals surface area contributed by atoms with Crippen LogP contribution in [0.5, 0.6) is 0 Å². The summed E-state index contributed by atoms with van der Waals surface area (Å²) in [7, 11) is 0. The highest BCUT2D eigenvalue weighted by Crippen LogP contribution is 2.14. The lowest BCUT2D eigenvalue weighted by molar-refractivity contribution is 0.0996. The molecule has 1 heterocycles. The van der Waals surface area contributed by atoms with Gasteiger partial charge in [-0.1, -0.05) is 31.9 Å². The standard InChI is InChI=1S/C12H22N6O.ClH/c1-3-5-7-18(8-6-4-2)17-16-12-10(11(13)19)14-9-15-12;/h9H,3-8H2,1-2H3,(H2,13,19)(H,14,15);1H/b17-16+;. The molecule has 1 aromatic rings. The summed E-state index contributed by atoms with van der Waals surface area (Å²) in [5.74, 6) is -0.342. The molecule has 1 aromatic heterocycles. The van der Waals surface area contributed by atoms with Gasteiger partial charge in [0.1, 0.15) is 0 Å². The summed E-state index contributed by atoms with van der Waals surface area (Å²) in [6.45, 7) is 5.98. The summed E-state index contributed by atoms with van der Waals surface area (Å²) in [4.78, 5) is 17.7. The molecule has 3 N–H and O–H groups in total. The normalized spacial score (nSPS) is 10.5. The molecular formula is C12H23ClN6O. The van der Waals surface area contributed by atoms with Crippen LogP contribution in [-0.2, 0) is 0 Å². The fourth-order valence-electron chi connectivity index (χ4n) is 1.53. The Hall–Kier alpha value is -1.63. The number of nitrogens with one attached hydrogen (secondary N) is 1. The maximum absolute atomic E-state index is 11.1. The number of nitrogens with two attached hydrogens (primary N) is 1. The highest BCUT2D eigenvalue weighted by Gasteiger charge is 2.10. The number of hydrogen-bond acceptors (Lipinski definition) is 4. The van der Waals surface area contributed by atoms with Crippen LogP contribution < -0.4 is 5.73 Å². The number of carbonyl (C=O) groups is 1. The fourth-order valence-corrected chi connectivity index (χ4v) is 1.53. The molecule has 0 radical (unpaired) electrons. The van der Waals surface area contributed by atoms with E-state index in [1.165, 1.54) is 6.33 Å². The first-order chi connectivity index (χ1) is 9.19. The van der Waals surface area contributed by atoms with Gasteiger partial charge in [0.25, 0.3) is 5.91 Å². The van der Waals surface area contributed by atoms with E-state index in [1.807, 2.05) is 5.01 Å². The number of halogens is 1. The summed E-state index contributed by atoms with van der Waals surface area (Å²) >= 11 is 0. The third-order valence-electron chi connectivity index (χ3n) is 2.67. The Morgan fingerprint density at radius 1 is 1.35 bits per heavy atom. The van der Waals surface area contributed by atoms with Gasteiger partial charge in [0.15, 0.2) is 5.69 Å². The lowest BCUT2D eigenvalue weighted by atomic mass is 10.3. The number of nitrogens with zero attached hydrogens (tertiary/aromatic N) is 4. The predicted octanol–water partition coefficient (Wildman–Crippen LogP) is 2.83. The number of imidazole rings is 1. The Bertz CT molecular complexity index is 412. The van der Waals surface area contributed by atoms with Gasteiger partial charge in [-0.15, -0.1) is 17.5 Å². The zero-order chi connectivity index (χ0) is 14.1. The van der Waals surface area contributed by atoms with Gasteiger partial charge in [-0.25, -0.2) is 4.98 Å². The van der Waals surface area contributed by atoms with E-state index in [2.05, 4.69) is 34.2 Å². The van der Waals surface area contributed by atoms with Gasteiger partial charge in [0.2, 0.25) is 5.82 Å². The van der Waals surface area contributed by atoms with Gasteiger partial charge in [-0.05, 0) is 12.8 Å². The molecule has 7 nitrogen and oxygen atoms in total. The maximum Gasteiger partial charge on any atom is 0.269 e. The number of primary amides is 1. The first kappa shape index (κ1) is 18.4. The molecule has 0 aliphatic rings. The van der Waals surface area contributed by atoms with Crippen molar-refractivity contribution in [2.75, 3.05) is 13.1 Å². The smallest absolute Gasteiger partial charge is 0.269 e. The SMILES string of the molecule is CCCCN(CCCC)/N=N/c1nc[nH]c1C(N)=O.Cl. The molecule has 0 saturated carbocycles. The number of unbranched alkanes of at least 4 members (excludes halogenated alkanes) is 2. The molecule has 20 heavy (non-hydrogen) atoms. The number of carbonyl (C=O) groups excluding carboxylic acids is 1. The molecular weight excluding hydrogens is 280 g/mol. The van der Waals surface area contributed by atoms with Crippen molar-refractivity contribution in [1.29, 1.82) is 0 Å². The van der Waals surface area contributed by atoms with Crippen molar-refractivity contribution in [2.24, 2.45) is 16.1 Å². The minimum atomic E-state index is -0.583. The monoisotopic (exact) mass is 302 g/mol. The fraction of sp³-hybridized carbons (Fsp3) is 0.667. The van der Waals surface area contributed by atoms with Gasteiger partial charge in [0.05, 0.1) is 6.33 Å². The summed E-state index contributed by atoms with van der Waals surface area (Å²) in [5.41, 5.74) is 5.39. The number of hydrogen-bond donors (Lipinski definition) is 2. The Morgan fingerprint density at radius 3 is 2.45 bits per heavy atom. The summed E-state index contributed by atoms with van der Waals surface area (Å²) in [6, 6.07) is 0. The van der Waals surface area contributed by atoms with Crippen molar-refractivity contribution in [3.05, 3.63) is 12.0 Å². The van der Waals surface area contributed by atoms with E-state index in [9.17, 15) is 4.79 Å². The van der Waals surface area contributed by atoms with Crippen LogP contribution in [0.2, 0.25) is 0 Å². The third kappa shape index (κ3) is 6.01. The van der Waals surface area contributed by atoms with Crippen LogP contribution in [-0.4, -0.2) is 34.0 Å². The van der Waals surface area contributed by atoms with E-state index in [0.717, 1.165) is 38.8 Å². The van der Waals surface area contributed by atoms with Gasteiger partial charge in [0, 0.05) is 13.1 Å². The van der Waals surface area contributed by atoms with Crippen molar-refractivity contribution in [3.63, 3.8) is 0 Å². The van der Waals surface area contributed by atoms with Crippen LogP contribution in [0, 0.1) is 0 Å². The summed E-state index contributed by atoms with van der Waals surface area (Å²) in [6.07, 6.45) is 5.72. The van der Waals surface area contributed by atoms with Gasteiger partial charge >= 0.3 is 0 Å². The van der Waals surface area contributed by atoms with Crippen molar-refractivity contribution in [1.82, 2.24) is 15.0 Å². The zero-order valence-corrected chi connectivity index (χ0v) is 12.8. The van der Waals surface area contributed by atoms with Gasteiger partial charge in [-0.3, -0.25) is 9.80 Å². The summed E-state index contributed by atoms with van der Waals surface area (Å²) in [5, 5.41) is 10.1. The lowest BCUT2D eigenvalue weighted by Crippen LogP contribution is -2.19. The molecule has 8 heteroatoms. The molecule has 0 aliphatic carbocycles. The Labute approximate surface area is 125 Å². The molecule has 1 rings (SSSR count). The summed E-state index contributed by atoms with van der Waals surface area (Å²) < 4.78 is 0. The number of aromatic nitrogens is 2. The van der Waals surface area contributed by atoms with E-state index in [1.54, 1.807) is 0 Å². The first-order valence-corrected chi connectivity index (χ1v) is 6.68. The highest BCUT2D eigenvalue weighted by molar-refractivity contribution is 5.94. The quantitative estimate of drug-likeness (QED) is 0.542. The van der Waals surface area contributed by atoms with Gasteiger partial charge < -0.3 is 10.7 Å². The van der Waals surface area contributed by atoms with Crippen molar-refractivity contribution >= 4 is 24.1 Å². The second kappa shape index (κ2) is 10.2. The van der Waals surface area contributed by atoms with Gasteiger partial charge in [-0.2, -0.15) is 0 Å². The number of aromatic amines is 1. The second-order valence-electron chi connectivity index (χ2n) is 4.32. The minimum absolute atomic E-state index is 0. The molecule has 0 aromatic carbocycles. The molecule has 0 bridgehead atoms. The van der Waals surface area contributed by atoms with E-state index in [-0.39, 0.29) is 23.9 Å². The number of rotatable bonds is 9. The molecule has 1 amide bonds.